The molecule has 0 saturated carbocycles. The van der Waals surface area contributed by atoms with Crippen molar-refractivity contribution in [2.45, 2.75) is 32.7 Å². The van der Waals surface area contributed by atoms with E-state index in [1.807, 2.05) is 38.1 Å². The van der Waals surface area contributed by atoms with E-state index in [1.165, 1.54) is 11.1 Å². The largest absolute Gasteiger partial charge is 0.366 e. The van der Waals surface area contributed by atoms with Crippen LogP contribution in [-0.2, 0) is 12.8 Å². The second kappa shape index (κ2) is 6.97. The highest BCUT2D eigenvalue weighted by Crippen LogP contribution is 2.27. The van der Waals surface area contributed by atoms with Gasteiger partial charge >= 0.3 is 0 Å². The Labute approximate surface area is 141 Å². The first kappa shape index (κ1) is 15.8. The van der Waals surface area contributed by atoms with E-state index in [0.29, 0.717) is 6.04 Å². The molecular weight excluding hydrogens is 306 g/mol. The first-order valence-corrected chi connectivity index (χ1v) is 8.43. The van der Waals surface area contributed by atoms with Gasteiger partial charge in [0, 0.05) is 11.4 Å². The second-order valence-electron chi connectivity index (χ2n) is 5.38. The molecule has 0 spiro atoms. The molecule has 0 saturated heterocycles. The van der Waals surface area contributed by atoms with Crippen molar-refractivity contribution in [3.8, 4) is 0 Å². The van der Waals surface area contributed by atoms with Crippen LogP contribution in [0.1, 0.15) is 25.0 Å². The van der Waals surface area contributed by atoms with E-state index < -0.39 is 0 Å². The molecule has 2 aromatic carbocycles. The highest BCUT2D eigenvalue weighted by molar-refractivity contribution is 6.28. The predicted octanol–water partition coefficient (Wildman–Crippen LogP) is 4.89. The molecule has 0 amide bonds. The molecule has 1 aromatic heterocycles. The predicted molar refractivity (Wildman–Crippen MR) is 97.2 cm³/mol. The molecule has 3 aromatic rings. The lowest BCUT2D eigenvalue weighted by molar-refractivity contribution is 0.770. The van der Waals surface area contributed by atoms with E-state index in [-0.39, 0.29) is 5.28 Å². The Bertz CT molecular complexity index is 792. The molecule has 1 heterocycles. The number of hydrogen-bond donors (Lipinski definition) is 1. The molecule has 0 fully saturated rings. The summed E-state index contributed by atoms with van der Waals surface area (Å²) in [4.78, 5) is 8.64. The van der Waals surface area contributed by atoms with Crippen LogP contribution in [0.2, 0.25) is 5.28 Å². The average Bonchev–Trinajstić information content (AvgIpc) is 2.99. The van der Waals surface area contributed by atoms with Gasteiger partial charge < -0.3 is 5.32 Å². The van der Waals surface area contributed by atoms with Gasteiger partial charge in [-0.25, -0.2) is 9.97 Å². The SMILES string of the molecule is CC.Clc1nc(NC2Cc3ccccc3C2)c2ccccc2n1. The van der Waals surface area contributed by atoms with Gasteiger partial charge in [0.1, 0.15) is 5.82 Å². The molecule has 0 atom stereocenters. The molecule has 118 valence electrons. The topological polar surface area (TPSA) is 37.8 Å². The van der Waals surface area contributed by atoms with Crippen LogP contribution >= 0.6 is 11.6 Å². The molecule has 1 N–H and O–H groups in total. The minimum Gasteiger partial charge on any atom is -0.366 e. The smallest absolute Gasteiger partial charge is 0.224 e. The second-order valence-corrected chi connectivity index (χ2v) is 5.71. The molecule has 4 heteroatoms. The van der Waals surface area contributed by atoms with Gasteiger partial charge in [-0.3, -0.25) is 0 Å². The van der Waals surface area contributed by atoms with Gasteiger partial charge in [-0.1, -0.05) is 50.2 Å². The van der Waals surface area contributed by atoms with Gasteiger partial charge in [-0.2, -0.15) is 0 Å². The van der Waals surface area contributed by atoms with Crippen LogP contribution in [0.4, 0.5) is 5.82 Å². The summed E-state index contributed by atoms with van der Waals surface area (Å²) >= 11 is 6.04. The highest BCUT2D eigenvalue weighted by Gasteiger charge is 2.21. The van der Waals surface area contributed by atoms with Crippen LogP contribution in [0.25, 0.3) is 10.9 Å². The fraction of sp³-hybridized carbons (Fsp3) is 0.263. The Balaban J connectivity index is 0.000000753. The Morgan fingerprint density at radius 1 is 0.913 bits per heavy atom. The minimum absolute atomic E-state index is 0.284. The molecule has 0 radical (unpaired) electrons. The van der Waals surface area contributed by atoms with Gasteiger partial charge in [0.25, 0.3) is 0 Å². The maximum atomic E-state index is 6.04. The third-order valence-electron chi connectivity index (χ3n) is 3.97. The van der Waals surface area contributed by atoms with E-state index >= 15 is 0 Å². The lowest BCUT2D eigenvalue weighted by atomic mass is 10.1. The zero-order valence-corrected chi connectivity index (χ0v) is 14.1. The molecule has 1 aliphatic rings. The van der Waals surface area contributed by atoms with Crippen LogP contribution in [0, 0.1) is 0 Å². The standard InChI is InChI=1S/C17H14ClN3.C2H6/c18-17-20-15-8-4-3-7-14(15)16(21-17)19-13-9-11-5-1-2-6-12(11)10-13;1-2/h1-8,13H,9-10H2,(H,19,20,21);1-2H3. The molecular formula is C19H20ClN3. The Kier molecular flexibility index (Phi) is 4.77. The number of nitrogens with one attached hydrogen (secondary N) is 1. The van der Waals surface area contributed by atoms with Crippen molar-refractivity contribution in [3.05, 3.63) is 64.9 Å². The molecule has 1 aliphatic carbocycles. The number of benzene rings is 2. The number of halogens is 1. The monoisotopic (exact) mass is 325 g/mol. The van der Waals surface area contributed by atoms with Crippen molar-refractivity contribution in [1.29, 1.82) is 0 Å². The van der Waals surface area contributed by atoms with Gasteiger partial charge in [0.15, 0.2) is 0 Å². The fourth-order valence-corrected chi connectivity index (χ4v) is 3.19. The first-order valence-electron chi connectivity index (χ1n) is 8.05. The molecule has 0 aliphatic heterocycles. The van der Waals surface area contributed by atoms with Gasteiger partial charge in [-0.15, -0.1) is 0 Å². The van der Waals surface area contributed by atoms with Gasteiger partial charge in [0.05, 0.1) is 5.52 Å². The van der Waals surface area contributed by atoms with E-state index in [9.17, 15) is 0 Å². The summed E-state index contributed by atoms with van der Waals surface area (Å²) in [6.45, 7) is 4.00. The molecule has 4 rings (SSSR count). The van der Waals surface area contributed by atoms with Crippen LogP contribution in [0.3, 0.4) is 0 Å². The molecule has 23 heavy (non-hydrogen) atoms. The maximum Gasteiger partial charge on any atom is 0.224 e. The normalized spacial score (nSPS) is 13.3. The number of fused-ring (bicyclic) bond motifs is 2. The molecule has 0 bridgehead atoms. The molecule has 0 unspecified atom stereocenters. The summed E-state index contributed by atoms with van der Waals surface area (Å²) in [6, 6.07) is 16.9. The lowest BCUT2D eigenvalue weighted by Crippen LogP contribution is -2.20. The van der Waals surface area contributed by atoms with E-state index in [0.717, 1.165) is 29.6 Å². The quantitative estimate of drug-likeness (QED) is 0.682. The van der Waals surface area contributed by atoms with Crippen molar-refractivity contribution in [2.24, 2.45) is 0 Å². The van der Waals surface area contributed by atoms with Crippen molar-refractivity contribution in [3.63, 3.8) is 0 Å². The number of anilines is 1. The summed E-state index contributed by atoms with van der Waals surface area (Å²) in [5.41, 5.74) is 3.70. The number of para-hydroxylation sites is 1. The van der Waals surface area contributed by atoms with Crippen molar-refractivity contribution < 1.29 is 0 Å². The van der Waals surface area contributed by atoms with E-state index in [1.54, 1.807) is 0 Å². The van der Waals surface area contributed by atoms with Gasteiger partial charge in [-0.05, 0) is 47.7 Å². The van der Waals surface area contributed by atoms with Crippen LogP contribution in [-0.4, -0.2) is 16.0 Å². The number of aromatic nitrogens is 2. The zero-order valence-electron chi connectivity index (χ0n) is 13.4. The molecule has 3 nitrogen and oxygen atoms in total. The Hall–Kier alpha value is -2.13. The van der Waals surface area contributed by atoms with Crippen LogP contribution in [0.15, 0.2) is 48.5 Å². The summed E-state index contributed by atoms with van der Waals surface area (Å²) in [7, 11) is 0. The lowest BCUT2D eigenvalue weighted by Gasteiger charge is -2.14. The fourth-order valence-electron chi connectivity index (χ4n) is 3.01. The Morgan fingerprint density at radius 3 is 2.22 bits per heavy atom. The van der Waals surface area contributed by atoms with Gasteiger partial charge in [0.2, 0.25) is 5.28 Å². The maximum absolute atomic E-state index is 6.04. The van der Waals surface area contributed by atoms with Crippen LogP contribution < -0.4 is 5.32 Å². The van der Waals surface area contributed by atoms with Crippen molar-refractivity contribution in [1.82, 2.24) is 9.97 Å². The van der Waals surface area contributed by atoms with Crippen molar-refractivity contribution >= 4 is 28.3 Å². The third-order valence-corrected chi connectivity index (χ3v) is 4.14. The highest BCUT2D eigenvalue weighted by atomic mass is 35.5. The summed E-state index contributed by atoms with van der Waals surface area (Å²) in [5.74, 6) is 0.823. The minimum atomic E-state index is 0.284. The number of nitrogens with zero attached hydrogens (tertiary/aromatic N) is 2. The van der Waals surface area contributed by atoms with Crippen LogP contribution in [0.5, 0.6) is 0 Å². The number of hydrogen-bond acceptors (Lipinski definition) is 3. The van der Waals surface area contributed by atoms with E-state index in [4.69, 9.17) is 11.6 Å². The summed E-state index contributed by atoms with van der Waals surface area (Å²) in [6.07, 6.45) is 2.04. The third kappa shape index (κ3) is 3.30. The van der Waals surface area contributed by atoms with E-state index in [2.05, 4.69) is 39.6 Å². The summed E-state index contributed by atoms with van der Waals surface area (Å²) < 4.78 is 0. The summed E-state index contributed by atoms with van der Waals surface area (Å²) in [5, 5.41) is 4.83. The zero-order chi connectivity index (χ0) is 16.2. The number of rotatable bonds is 2. The Morgan fingerprint density at radius 2 is 1.52 bits per heavy atom. The average molecular weight is 326 g/mol. The van der Waals surface area contributed by atoms with Crippen molar-refractivity contribution in [2.75, 3.05) is 5.32 Å². The first-order chi connectivity index (χ1) is 11.3.